The topological polar surface area (TPSA) is 37.3 Å². The van der Waals surface area contributed by atoms with Crippen molar-refractivity contribution in [1.82, 2.24) is 4.98 Å². The summed E-state index contributed by atoms with van der Waals surface area (Å²) in [4.78, 5) is 8.77. The highest BCUT2D eigenvalue weighted by molar-refractivity contribution is 5.90. The van der Waals surface area contributed by atoms with E-state index >= 15 is 0 Å². The number of rotatable bonds is 2. The number of anilines is 1. The van der Waals surface area contributed by atoms with Crippen molar-refractivity contribution in [3.63, 3.8) is 0 Å². The molecule has 0 unspecified atom stereocenters. The first kappa shape index (κ1) is 10.8. The van der Waals surface area contributed by atoms with E-state index in [0.29, 0.717) is 6.04 Å². The minimum Gasteiger partial charge on any atom is -0.367 e. The first-order valence-electron chi connectivity index (χ1n) is 6.57. The maximum atomic E-state index is 4.46. The van der Waals surface area contributed by atoms with E-state index in [1.807, 2.05) is 12.4 Å². The molecule has 1 aromatic rings. The van der Waals surface area contributed by atoms with Gasteiger partial charge in [0.2, 0.25) is 0 Å². The number of fused-ring (bicyclic) bond motifs is 1. The standard InChI is InChI=1S/C14H19N3/c1-10-2-4-12(5-3-10)17-14-13-9-15-8-11(13)6-7-16-14/h6-7,9-10,12H,2-5,8H2,1H3,(H,16,17)/t10-,12-. The van der Waals surface area contributed by atoms with Gasteiger partial charge in [-0.15, -0.1) is 0 Å². The lowest BCUT2D eigenvalue weighted by atomic mass is 9.87. The third-order valence-corrected chi connectivity index (χ3v) is 3.92. The number of nitrogens with zero attached hydrogens (tertiary/aromatic N) is 2. The van der Waals surface area contributed by atoms with Crippen LogP contribution in [0.4, 0.5) is 5.82 Å². The molecular formula is C14H19N3. The summed E-state index contributed by atoms with van der Waals surface area (Å²) in [5.41, 5.74) is 2.50. The molecular weight excluding hydrogens is 210 g/mol. The summed E-state index contributed by atoms with van der Waals surface area (Å²) in [6, 6.07) is 2.66. The highest BCUT2D eigenvalue weighted by atomic mass is 15.0. The predicted octanol–water partition coefficient (Wildman–Crippen LogP) is 3.00. The number of nitrogens with one attached hydrogen (secondary N) is 1. The van der Waals surface area contributed by atoms with Crippen LogP contribution >= 0.6 is 0 Å². The number of aromatic nitrogens is 1. The molecule has 2 heterocycles. The molecule has 3 heteroatoms. The van der Waals surface area contributed by atoms with Crippen LogP contribution in [0, 0.1) is 5.92 Å². The minimum atomic E-state index is 0.596. The van der Waals surface area contributed by atoms with Crippen molar-refractivity contribution in [1.29, 1.82) is 0 Å². The van der Waals surface area contributed by atoms with E-state index in [2.05, 4.69) is 28.3 Å². The molecule has 1 N–H and O–H groups in total. The summed E-state index contributed by atoms with van der Waals surface area (Å²) in [7, 11) is 0. The van der Waals surface area contributed by atoms with Gasteiger partial charge < -0.3 is 5.32 Å². The molecule has 1 aliphatic heterocycles. The summed E-state index contributed by atoms with van der Waals surface area (Å²) in [5, 5.41) is 3.60. The second-order valence-corrected chi connectivity index (χ2v) is 5.30. The quantitative estimate of drug-likeness (QED) is 0.846. The Morgan fingerprint density at radius 1 is 1.24 bits per heavy atom. The average Bonchev–Trinajstić information content (AvgIpc) is 2.81. The van der Waals surface area contributed by atoms with Gasteiger partial charge in [0, 0.05) is 24.0 Å². The molecule has 2 aliphatic rings. The van der Waals surface area contributed by atoms with Gasteiger partial charge in [-0.3, -0.25) is 4.99 Å². The molecule has 0 atom stereocenters. The van der Waals surface area contributed by atoms with Crippen LogP contribution in [0.25, 0.3) is 0 Å². The van der Waals surface area contributed by atoms with Crippen molar-refractivity contribution in [2.75, 3.05) is 5.32 Å². The molecule has 3 nitrogen and oxygen atoms in total. The third-order valence-electron chi connectivity index (χ3n) is 3.92. The van der Waals surface area contributed by atoms with Crippen LogP contribution in [0.15, 0.2) is 17.3 Å². The predicted molar refractivity (Wildman–Crippen MR) is 70.6 cm³/mol. The van der Waals surface area contributed by atoms with E-state index in [9.17, 15) is 0 Å². The molecule has 1 saturated carbocycles. The summed E-state index contributed by atoms with van der Waals surface area (Å²) < 4.78 is 0. The average molecular weight is 229 g/mol. The van der Waals surface area contributed by atoms with Crippen LogP contribution in [0.2, 0.25) is 0 Å². The zero-order valence-electron chi connectivity index (χ0n) is 10.3. The van der Waals surface area contributed by atoms with Gasteiger partial charge in [0.05, 0.1) is 6.54 Å². The minimum absolute atomic E-state index is 0.596. The summed E-state index contributed by atoms with van der Waals surface area (Å²) >= 11 is 0. The Bertz CT molecular complexity index is 431. The van der Waals surface area contributed by atoms with Gasteiger partial charge in [-0.1, -0.05) is 6.92 Å². The molecule has 0 amide bonds. The van der Waals surface area contributed by atoms with Gasteiger partial charge >= 0.3 is 0 Å². The molecule has 3 rings (SSSR count). The van der Waals surface area contributed by atoms with Crippen molar-refractivity contribution in [3.8, 4) is 0 Å². The lowest BCUT2D eigenvalue weighted by molar-refractivity contribution is 0.361. The van der Waals surface area contributed by atoms with Gasteiger partial charge in [0.25, 0.3) is 0 Å². The van der Waals surface area contributed by atoms with Crippen molar-refractivity contribution in [3.05, 3.63) is 23.4 Å². The van der Waals surface area contributed by atoms with Crippen molar-refractivity contribution in [2.45, 2.75) is 45.2 Å². The van der Waals surface area contributed by atoms with Gasteiger partial charge in [0.15, 0.2) is 0 Å². The summed E-state index contributed by atoms with van der Waals surface area (Å²) in [5.74, 6) is 1.92. The number of hydrogen-bond donors (Lipinski definition) is 1. The lowest BCUT2D eigenvalue weighted by Crippen LogP contribution is -2.26. The largest absolute Gasteiger partial charge is 0.367 e. The second-order valence-electron chi connectivity index (χ2n) is 5.30. The van der Waals surface area contributed by atoms with Crippen LogP contribution in [0.5, 0.6) is 0 Å². The highest BCUT2D eigenvalue weighted by Gasteiger charge is 2.20. The molecule has 0 bridgehead atoms. The first-order chi connectivity index (χ1) is 8.33. The lowest BCUT2D eigenvalue weighted by Gasteiger charge is -2.27. The van der Waals surface area contributed by atoms with Crippen molar-refractivity contribution >= 4 is 12.0 Å². The Morgan fingerprint density at radius 2 is 2.06 bits per heavy atom. The van der Waals surface area contributed by atoms with Crippen molar-refractivity contribution < 1.29 is 0 Å². The SMILES string of the molecule is C[C@H]1CC[C@H](Nc2nccc3c2C=NC3)CC1. The van der Waals surface area contributed by atoms with Crippen LogP contribution in [-0.4, -0.2) is 17.2 Å². The molecule has 1 aliphatic carbocycles. The Labute approximate surface area is 102 Å². The maximum Gasteiger partial charge on any atom is 0.135 e. The highest BCUT2D eigenvalue weighted by Crippen LogP contribution is 2.27. The van der Waals surface area contributed by atoms with E-state index < -0.39 is 0 Å². The van der Waals surface area contributed by atoms with Gasteiger partial charge in [0.1, 0.15) is 5.82 Å². The van der Waals surface area contributed by atoms with E-state index in [1.54, 1.807) is 0 Å². The van der Waals surface area contributed by atoms with Gasteiger partial charge in [-0.2, -0.15) is 0 Å². The fourth-order valence-corrected chi connectivity index (χ4v) is 2.74. The Hall–Kier alpha value is -1.38. The third kappa shape index (κ3) is 2.19. The summed E-state index contributed by atoms with van der Waals surface area (Å²) in [6.07, 6.45) is 9.05. The molecule has 17 heavy (non-hydrogen) atoms. The number of aliphatic imine (C=N–C) groups is 1. The van der Waals surface area contributed by atoms with E-state index in [-0.39, 0.29) is 0 Å². The Kier molecular flexibility index (Phi) is 2.83. The fraction of sp³-hybridized carbons (Fsp3) is 0.571. The Morgan fingerprint density at radius 3 is 2.88 bits per heavy atom. The van der Waals surface area contributed by atoms with Crippen LogP contribution in [0.1, 0.15) is 43.7 Å². The van der Waals surface area contributed by atoms with E-state index in [4.69, 9.17) is 0 Å². The first-order valence-corrected chi connectivity index (χ1v) is 6.57. The fourth-order valence-electron chi connectivity index (χ4n) is 2.74. The zero-order chi connectivity index (χ0) is 11.7. The molecule has 0 aromatic carbocycles. The second kappa shape index (κ2) is 4.47. The van der Waals surface area contributed by atoms with Crippen LogP contribution < -0.4 is 5.32 Å². The zero-order valence-corrected chi connectivity index (χ0v) is 10.3. The Balaban J connectivity index is 1.73. The molecule has 90 valence electrons. The number of hydrogen-bond acceptors (Lipinski definition) is 3. The molecule has 0 spiro atoms. The normalized spacial score (nSPS) is 26.9. The van der Waals surface area contributed by atoms with E-state index in [0.717, 1.165) is 18.3 Å². The molecule has 1 fully saturated rings. The number of pyridine rings is 1. The van der Waals surface area contributed by atoms with Gasteiger partial charge in [-0.25, -0.2) is 4.98 Å². The molecule has 0 saturated heterocycles. The van der Waals surface area contributed by atoms with Crippen molar-refractivity contribution in [2.24, 2.45) is 10.9 Å². The molecule has 1 aromatic heterocycles. The van der Waals surface area contributed by atoms with Crippen LogP contribution in [0.3, 0.4) is 0 Å². The van der Waals surface area contributed by atoms with E-state index in [1.165, 1.54) is 36.8 Å². The summed E-state index contributed by atoms with van der Waals surface area (Å²) in [6.45, 7) is 3.16. The maximum absolute atomic E-state index is 4.46. The molecule has 0 radical (unpaired) electrons. The monoisotopic (exact) mass is 229 g/mol. The smallest absolute Gasteiger partial charge is 0.135 e. The van der Waals surface area contributed by atoms with Gasteiger partial charge in [-0.05, 0) is 43.2 Å². The van der Waals surface area contributed by atoms with Crippen LogP contribution in [-0.2, 0) is 6.54 Å².